The van der Waals surface area contributed by atoms with E-state index >= 15 is 0 Å². The topological polar surface area (TPSA) is 71.8 Å². The fraction of sp³-hybridized carbons (Fsp3) is 0.533. The van der Waals surface area contributed by atoms with Gasteiger partial charge >= 0.3 is 0 Å². The number of nitrogens with zero attached hydrogens (tertiary/aromatic N) is 4. The monoisotopic (exact) mass is 303 g/mol. The highest BCUT2D eigenvalue weighted by Crippen LogP contribution is 2.16. The largest absolute Gasteiger partial charge is 0.379 e. The number of aryl methyl sites for hydroxylation is 1. The Morgan fingerprint density at radius 2 is 2.23 bits per heavy atom. The predicted octanol–water partition coefficient (Wildman–Crippen LogP) is 0.945. The van der Waals surface area contributed by atoms with Gasteiger partial charge < -0.3 is 10.1 Å². The van der Waals surface area contributed by atoms with Gasteiger partial charge in [0.25, 0.3) is 0 Å². The number of carbonyl (C=O) groups is 1. The molecule has 2 aromatic heterocycles. The molecule has 2 aromatic rings. The van der Waals surface area contributed by atoms with Crippen molar-refractivity contribution in [3.63, 3.8) is 0 Å². The number of pyridine rings is 1. The Balaban J connectivity index is 1.67. The highest BCUT2D eigenvalue weighted by molar-refractivity contribution is 5.95. The molecule has 1 fully saturated rings. The summed E-state index contributed by atoms with van der Waals surface area (Å²) in [5.74, 6) is 0.589. The van der Waals surface area contributed by atoms with Gasteiger partial charge in [-0.1, -0.05) is 6.92 Å². The molecule has 0 aliphatic carbocycles. The first-order valence-electron chi connectivity index (χ1n) is 7.56. The molecule has 22 heavy (non-hydrogen) atoms. The van der Waals surface area contributed by atoms with Gasteiger partial charge in [-0.3, -0.25) is 9.69 Å². The lowest BCUT2D eigenvalue weighted by atomic mass is 10.1. The highest BCUT2D eigenvalue weighted by atomic mass is 16.5. The summed E-state index contributed by atoms with van der Waals surface area (Å²) >= 11 is 0. The third kappa shape index (κ3) is 3.26. The van der Waals surface area contributed by atoms with E-state index in [-0.39, 0.29) is 11.8 Å². The van der Waals surface area contributed by atoms with E-state index in [4.69, 9.17) is 4.74 Å². The minimum Gasteiger partial charge on any atom is -0.379 e. The summed E-state index contributed by atoms with van der Waals surface area (Å²) < 4.78 is 7.01. The van der Waals surface area contributed by atoms with Crippen LogP contribution >= 0.6 is 0 Å². The molecule has 3 heterocycles. The zero-order valence-corrected chi connectivity index (χ0v) is 13.0. The minimum atomic E-state index is -0.0950. The zero-order valence-electron chi connectivity index (χ0n) is 13.0. The minimum absolute atomic E-state index is 0.000227. The summed E-state index contributed by atoms with van der Waals surface area (Å²) in [7, 11) is 0. The third-order valence-corrected chi connectivity index (χ3v) is 3.81. The van der Waals surface area contributed by atoms with E-state index in [1.165, 1.54) is 0 Å². The Morgan fingerprint density at radius 3 is 3.00 bits per heavy atom. The molecule has 118 valence electrons. The van der Waals surface area contributed by atoms with Crippen molar-refractivity contribution < 1.29 is 9.53 Å². The molecule has 7 nitrogen and oxygen atoms in total. The van der Waals surface area contributed by atoms with E-state index in [0.29, 0.717) is 17.2 Å². The highest BCUT2D eigenvalue weighted by Gasteiger charge is 2.20. The smallest absolute Gasteiger partial charge is 0.228 e. The van der Waals surface area contributed by atoms with Gasteiger partial charge in [-0.15, -0.1) is 0 Å². The molecular formula is C15H21N5O2. The molecule has 1 saturated heterocycles. The van der Waals surface area contributed by atoms with Crippen molar-refractivity contribution >= 4 is 17.2 Å². The second-order valence-electron chi connectivity index (χ2n) is 5.65. The molecule has 3 rings (SSSR count). The predicted molar refractivity (Wildman–Crippen MR) is 82.8 cm³/mol. The summed E-state index contributed by atoms with van der Waals surface area (Å²) in [5, 5.41) is 7.22. The van der Waals surface area contributed by atoms with Crippen molar-refractivity contribution in [2.45, 2.75) is 13.8 Å². The molecule has 0 saturated carbocycles. The standard InChI is InChI=1S/C15H21N5O2/c1-11(10-19-6-8-22-9-7-19)15(21)17-13-4-3-5-20-14(13)16-12(2)18-20/h3-5,11H,6-10H2,1-2H3,(H,17,21)/t11-/m1/s1. The van der Waals surface area contributed by atoms with Gasteiger partial charge in [-0.2, -0.15) is 5.10 Å². The first-order chi connectivity index (χ1) is 10.6. The van der Waals surface area contributed by atoms with Crippen molar-refractivity contribution in [2.75, 3.05) is 38.2 Å². The zero-order chi connectivity index (χ0) is 15.5. The van der Waals surface area contributed by atoms with Gasteiger partial charge in [-0.25, -0.2) is 9.50 Å². The van der Waals surface area contributed by atoms with Crippen LogP contribution < -0.4 is 5.32 Å². The normalized spacial score (nSPS) is 17.5. The lowest BCUT2D eigenvalue weighted by molar-refractivity contribution is -0.120. The molecule has 1 amide bonds. The molecule has 1 aliphatic heterocycles. The van der Waals surface area contributed by atoms with Gasteiger partial charge in [0, 0.05) is 31.7 Å². The molecule has 1 atom stereocenters. The maximum Gasteiger partial charge on any atom is 0.228 e. The first kappa shape index (κ1) is 14.9. The number of carbonyl (C=O) groups excluding carboxylic acids is 1. The van der Waals surface area contributed by atoms with Crippen LogP contribution in [0.25, 0.3) is 5.65 Å². The number of ether oxygens (including phenoxy) is 1. The van der Waals surface area contributed by atoms with Gasteiger partial charge in [-0.05, 0) is 19.1 Å². The fourth-order valence-corrected chi connectivity index (χ4v) is 2.62. The van der Waals surface area contributed by atoms with Crippen LogP contribution in [0.5, 0.6) is 0 Å². The quantitative estimate of drug-likeness (QED) is 0.910. The third-order valence-electron chi connectivity index (χ3n) is 3.81. The number of rotatable bonds is 4. The number of hydrogen-bond donors (Lipinski definition) is 1. The Kier molecular flexibility index (Phi) is 4.35. The number of hydrogen-bond acceptors (Lipinski definition) is 5. The number of fused-ring (bicyclic) bond motifs is 1. The van der Waals surface area contributed by atoms with Gasteiger partial charge in [0.05, 0.1) is 18.9 Å². The van der Waals surface area contributed by atoms with Crippen LogP contribution in [0.15, 0.2) is 18.3 Å². The van der Waals surface area contributed by atoms with Crippen LogP contribution in [-0.4, -0.2) is 58.3 Å². The molecule has 0 aromatic carbocycles. The summed E-state index contributed by atoms with van der Waals surface area (Å²) in [5.41, 5.74) is 1.37. The fourth-order valence-electron chi connectivity index (χ4n) is 2.62. The van der Waals surface area contributed by atoms with Crippen molar-refractivity contribution in [1.82, 2.24) is 19.5 Å². The average Bonchev–Trinajstić information content (AvgIpc) is 2.89. The maximum absolute atomic E-state index is 12.4. The van der Waals surface area contributed by atoms with Crippen LogP contribution in [0.2, 0.25) is 0 Å². The second kappa shape index (κ2) is 6.41. The van der Waals surface area contributed by atoms with E-state index < -0.39 is 0 Å². The van der Waals surface area contributed by atoms with Crippen LogP contribution in [0.3, 0.4) is 0 Å². The van der Waals surface area contributed by atoms with Crippen molar-refractivity contribution in [3.05, 3.63) is 24.2 Å². The lowest BCUT2D eigenvalue weighted by Gasteiger charge is -2.28. The summed E-state index contributed by atoms with van der Waals surface area (Å²) in [6.07, 6.45) is 1.82. The summed E-state index contributed by atoms with van der Waals surface area (Å²) in [6, 6.07) is 3.70. The summed E-state index contributed by atoms with van der Waals surface area (Å²) in [6.45, 7) is 7.77. The first-order valence-corrected chi connectivity index (χ1v) is 7.56. The molecule has 0 radical (unpaired) electrons. The molecule has 1 aliphatic rings. The molecule has 7 heteroatoms. The van der Waals surface area contributed by atoms with Crippen molar-refractivity contribution in [3.8, 4) is 0 Å². The van der Waals surface area contributed by atoms with E-state index in [1.807, 2.05) is 32.2 Å². The molecule has 0 bridgehead atoms. The molecule has 0 unspecified atom stereocenters. The number of nitrogens with one attached hydrogen (secondary N) is 1. The maximum atomic E-state index is 12.4. The Bertz CT molecular complexity index is 663. The van der Waals surface area contributed by atoms with Crippen LogP contribution in [0.4, 0.5) is 5.69 Å². The van der Waals surface area contributed by atoms with Crippen LogP contribution in [-0.2, 0) is 9.53 Å². The van der Waals surface area contributed by atoms with E-state index in [0.717, 1.165) is 32.8 Å². The number of aromatic nitrogens is 3. The van der Waals surface area contributed by atoms with E-state index in [1.54, 1.807) is 4.52 Å². The Labute approximate surface area is 129 Å². The number of morpholine rings is 1. The van der Waals surface area contributed by atoms with Gasteiger partial charge in [0.2, 0.25) is 5.91 Å². The van der Waals surface area contributed by atoms with Gasteiger partial charge in [0.1, 0.15) is 5.82 Å². The van der Waals surface area contributed by atoms with Gasteiger partial charge in [0.15, 0.2) is 5.65 Å². The molecular weight excluding hydrogens is 282 g/mol. The average molecular weight is 303 g/mol. The molecule has 1 N–H and O–H groups in total. The van der Waals surface area contributed by atoms with E-state index in [9.17, 15) is 4.79 Å². The van der Waals surface area contributed by atoms with Crippen molar-refractivity contribution in [2.24, 2.45) is 5.92 Å². The number of amides is 1. The molecule has 0 spiro atoms. The van der Waals surface area contributed by atoms with E-state index in [2.05, 4.69) is 20.3 Å². The second-order valence-corrected chi connectivity index (χ2v) is 5.65. The van der Waals surface area contributed by atoms with Crippen LogP contribution in [0.1, 0.15) is 12.7 Å². The van der Waals surface area contributed by atoms with Crippen LogP contribution in [0, 0.1) is 12.8 Å². The Morgan fingerprint density at radius 1 is 1.45 bits per heavy atom. The Hall–Kier alpha value is -1.99. The summed E-state index contributed by atoms with van der Waals surface area (Å²) in [4.78, 5) is 19.0. The SMILES string of the molecule is Cc1nc2c(NC(=O)[C@H](C)CN3CCOCC3)cccn2n1. The lowest BCUT2D eigenvalue weighted by Crippen LogP contribution is -2.41. The number of anilines is 1. The van der Waals surface area contributed by atoms with Crippen molar-refractivity contribution in [1.29, 1.82) is 0 Å².